The molecule has 0 unspecified atom stereocenters. The average Bonchev–Trinajstić information content (AvgIpc) is 3.24. The number of hydrogen-bond donors (Lipinski definition) is 2. The number of rotatable bonds is 3. The van der Waals surface area contributed by atoms with E-state index in [-0.39, 0.29) is 5.91 Å². The van der Waals surface area contributed by atoms with Gasteiger partial charge in [0.25, 0.3) is 11.8 Å². The van der Waals surface area contributed by atoms with Crippen molar-refractivity contribution in [3.63, 3.8) is 0 Å². The normalized spacial score (nSPS) is 14.7. The second-order valence-corrected chi connectivity index (χ2v) is 7.72. The molecule has 1 aromatic heterocycles. The van der Waals surface area contributed by atoms with E-state index in [0.717, 1.165) is 11.5 Å². The minimum atomic E-state index is -0.403. The molecule has 0 aliphatic carbocycles. The van der Waals surface area contributed by atoms with Crippen LogP contribution in [0.4, 0.5) is 0 Å². The van der Waals surface area contributed by atoms with Crippen molar-refractivity contribution in [1.82, 2.24) is 10.9 Å². The first-order valence-electron chi connectivity index (χ1n) is 7.13. The second-order valence-electron chi connectivity index (χ2n) is 4.99. The molecular formula is C16H16N2O3S2. The Kier molecular flexibility index (Phi) is 4.97. The summed E-state index contributed by atoms with van der Waals surface area (Å²) in [4.78, 5) is 24.0. The third-order valence-electron chi connectivity index (χ3n) is 3.46. The van der Waals surface area contributed by atoms with Crippen LogP contribution in [0.15, 0.2) is 41.0 Å². The van der Waals surface area contributed by atoms with E-state index in [1.165, 1.54) is 11.8 Å². The predicted octanol–water partition coefficient (Wildman–Crippen LogP) is 3.14. The van der Waals surface area contributed by atoms with Crippen LogP contribution in [0.2, 0.25) is 0 Å². The van der Waals surface area contributed by atoms with E-state index in [4.69, 9.17) is 4.42 Å². The molecule has 1 aliphatic heterocycles. The summed E-state index contributed by atoms with van der Waals surface area (Å²) in [5.41, 5.74) is 6.92. The van der Waals surface area contributed by atoms with Gasteiger partial charge in [-0.15, -0.1) is 23.5 Å². The smallest absolute Gasteiger partial charge is 0.273 e. The van der Waals surface area contributed by atoms with Gasteiger partial charge in [0.1, 0.15) is 5.76 Å². The number of amides is 2. The van der Waals surface area contributed by atoms with Gasteiger partial charge in [-0.25, -0.2) is 0 Å². The largest absolute Gasteiger partial charge is 0.469 e. The molecule has 5 nitrogen and oxygen atoms in total. The molecule has 120 valence electrons. The fourth-order valence-corrected chi connectivity index (χ4v) is 5.08. The molecule has 7 heteroatoms. The van der Waals surface area contributed by atoms with Gasteiger partial charge < -0.3 is 4.42 Å². The maximum Gasteiger partial charge on any atom is 0.273 e. The molecule has 0 saturated carbocycles. The maximum absolute atomic E-state index is 12.1. The van der Waals surface area contributed by atoms with Gasteiger partial charge in [0, 0.05) is 17.1 Å². The van der Waals surface area contributed by atoms with Crippen molar-refractivity contribution in [2.45, 2.75) is 11.5 Å². The molecule has 0 spiro atoms. The Morgan fingerprint density at radius 3 is 2.30 bits per heavy atom. The van der Waals surface area contributed by atoms with Crippen LogP contribution < -0.4 is 10.9 Å². The lowest BCUT2D eigenvalue weighted by Crippen LogP contribution is -2.41. The summed E-state index contributed by atoms with van der Waals surface area (Å²) in [7, 11) is 0. The fourth-order valence-electron chi connectivity index (χ4n) is 2.22. The Morgan fingerprint density at radius 1 is 1.04 bits per heavy atom. The Balaban J connectivity index is 1.57. The summed E-state index contributed by atoms with van der Waals surface area (Å²) < 4.78 is 5.52. The zero-order chi connectivity index (χ0) is 16.2. The summed E-state index contributed by atoms with van der Waals surface area (Å²) in [6.45, 7) is 1.69. The molecule has 1 aliphatic rings. The molecule has 2 aromatic rings. The quantitative estimate of drug-likeness (QED) is 0.834. The lowest BCUT2D eigenvalue weighted by atomic mass is 10.1. The van der Waals surface area contributed by atoms with Crippen LogP contribution in [0.3, 0.4) is 0 Å². The fraction of sp³-hybridized carbons (Fsp3) is 0.250. The number of benzene rings is 1. The molecular weight excluding hydrogens is 332 g/mol. The van der Waals surface area contributed by atoms with Crippen LogP contribution in [0.5, 0.6) is 0 Å². The minimum absolute atomic E-state index is 0.349. The van der Waals surface area contributed by atoms with Gasteiger partial charge in [-0.05, 0) is 30.7 Å². The molecule has 3 rings (SSSR count). The molecule has 1 fully saturated rings. The summed E-state index contributed by atoms with van der Waals surface area (Å²) in [6, 6.07) is 9.04. The van der Waals surface area contributed by atoms with Gasteiger partial charge >= 0.3 is 0 Å². The van der Waals surface area contributed by atoms with Crippen LogP contribution in [0.25, 0.3) is 0 Å². The zero-order valence-corrected chi connectivity index (χ0v) is 14.1. The summed E-state index contributed by atoms with van der Waals surface area (Å²) in [5, 5.41) is 0. The van der Waals surface area contributed by atoms with Crippen LogP contribution in [-0.2, 0) is 0 Å². The van der Waals surface area contributed by atoms with Crippen molar-refractivity contribution in [3.05, 3.63) is 59.0 Å². The van der Waals surface area contributed by atoms with Crippen molar-refractivity contribution in [2.24, 2.45) is 0 Å². The first-order valence-corrected chi connectivity index (χ1v) is 9.23. The van der Waals surface area contributed by atoms with E-state index < -0.39 is 5.91 Å². The highest BCUT2D eigenvalue weighted by Crippen LogP contribution is 2.45. The number of nitrogens with one attached hydrogen (secondary N) is 2. The van der Waals surface area contributed by atoms with Gasteiger partial charge in [0.2, 0.25) is 0 Å². The van der Waals surface area contributed by atoms with E-state index in [1.54, 1.807) is 25.1 Å². The third-order valence-corrected chi connectivity index (χ3v) is 6.56. The highest BCUT2D eigenvalue weighted by atomic mass is 32.2. The number of hydrazine groups is 1. The molecule has 23 heavy (non-hydrogen) atoms. The molecule has 0 bridgehead atoms. The van der Waals surface area contributed by atoms with Gasteiger partial charge in [0.05, 0.1) is 16.4 Å². The van der Waals surface area contributed by atoms with E-state index in [9.17, 15) is 9.59 Å². The summed E-state index contributed by atoms with van der Waals surface area (Å²) >= 11 is 3.84. The van der Waals surface area contributed by atoms with Gasteiger partial charge in [-0.2, -0.15) is 0 Å². The zero-order valence-electron chi connectivity index (χ0n) is 12.5. The second kappa shape index (κ2) is 7.14. The van der Waals surface area contributed by atoms with E-state index in [2.05, 4.69) is 10.9 Å². The van der Waals surface area contributed by atoms with Crippen molar-refractivity contribution in [2.75, 3.05) is 11.5 Å². The number of aryl methyl sites for hydroxylation is 1. The number of thioether (sulfide) groups is 2. The highest BCUT2D eigenvalue weighted by Gasteiger charge is 2.18. The first kappa shape index (κ1) is 16.0. The number of carbonyl (C=O) groups excluding carboxylic acids is 2. The van der Waals surface area contributed by atoms with Crippen molar-refractivity contribution in [1.29, 1.82) is 0 Å². The molecule has 2 amide bonds. The minimum Gasteiger partial charge on any atom is -0.469 e. The van der Waals surface area contributed by atoms with Crippen molar-refractivity contribution < 1.29 is 14.0 Å². The van der Waals surface area contributed by atoms with Crippen LogP contribution in [0.1, 0.15) is 36.6 Å². The van der Waals surface area contributed by atoms with E-state index in [1.807, 2.05) is 35.7 Å². The lowest BCUT2D eigenvalue weighted by molar-refractivity contribution is 0.0845. The monoisotopic (exact) mass is 348 g/mol. The highest BCUT2D eigenvalue weighted by molar-refractivity contribution is 8.19. The Morgan fingerprint density at radius 2 is 1.70 bits per heavy atom. The van der Waals surface area contributed by atoms with E-state index >= 15 is 0 Å². The maximum atomic E-state index is 12.1. The third kappa shape index (κ3) is 3.73. The standard InChI is InChI=1S/C16H16N2O3S2/c1-10-13(6-7-21-10)15(20)18-17-14(19)11-2-4-12(5-3-11)16-22-8-9-23-16/h2-7,16H,8-9H2,1H3,(H,17,19)(H,18,20). The SMILES string of the molecule is Cc1occc1C(=O)NNC(=O)c1ccc(C2SCCS2)cc1. The number of carbonyl (C=O) groups is 2. The molecule has 2 heterocycles. The Bertz CT molecular complexity index is 706. The van der Waals surface area contributed by atoms with Crippen LogP contribution in [0, 0.1) is 6.92 Å². The van der Waals surface area contributed by atoms with Crippen LogP contribution >= 0.6 is 23.5 Å². The average molecular weight is 348 g/mol. The molecule has 2 N–H and O–H groups in total. The van der Waals surface area contributed by atoms with E-state index in [0.29, 0.717) is 21.5 Å². The first-order chi connectivity index (χ1) is 11.1. The lowest BCUT2D eigenvalue weighted by Gasteiger charge is -2.10. The molecule has 1 saturated heterocycles. The molecule has 1 aromatic carbocycles. The van der Waals surface area contributed by atoms with Crippen molar-refractivity contribution >= 4 is 35.3 Å². The van der Waals surface area contributed by atoms with Crippen LogP contribution in [-0.4, -0.2) is 23.3 Å². The Hall–Kier alpha value is -1.86. The molecule has 0 atom stereocenters. The Labute approximate surface area is 142 Å². The van der Waals surface area contributed by atoms with Gasteiger partial charge in [0.15, 0.2) is 0 Å². The number of hydrogen-bond acceptors (Lipinski definition) is 5. The van der Waals surface area contributed by atoms with Crippen molar-refractivity contribution in [3.8, 4) is 0 Å². The van der Waals surface area contributed by atoms with Gasteiger partial charge in [-0.3, -0.25) is 20.4 Å². The van der Waals surface area contributed by atoms with Gasteiger partial charge in [-0.1, -0.05) is 12.1 Å². The summed E-state index contributed by atoms with van der Waals surface area (Å²) in [6.07, 6.45) is 1.43. The predicted molar refractivity (Wildman–Crippen MR) is 92.5 cm³/mol. The topological polar surface area (TPSA) is 71.3 Å². The summed E-state index contributed by atoms with van der Waals surface area (Å²) in [5.74, 6) is 2.08. The number of furan rings is 1. The molecule has 0 radical (unpaired) electrons.